The van der Waals surface area contributed by atoms with Gasteiger partial charge in [-0.2, -0.15) is 0 Å². The van der Waals surface area contributed by atoms with Gasteiger partial charge in [-0.15, -0.1) is 0 Å². The molecule has 0 amide bonds. The lowest BCUT2D eigenvalue weighted by Gasteiger charge is -2.41. The molecule has 0 bridgehead atoms. The second-order valence-electron chi connectivity index (χ2n) is 6.92. The summed E-state index contributed by atoms with van der Waals surface area (Å²) in [5.41, 5.74) is 0.973. The van der Waals surface area contributed by atoms with Crippen LogP contribution in [0, 0.1) is 0 Å². The smallest absolute Gasteiger partial charge is 0.118 e. The summed E-state index contributed by atoms with van der Waals surface area (Å²) in [6.07, 6.45) is 6.58. The molecule has 3 rings (SSSR count). The molecule has 1 aliphatic heterocycles. The van der Waals surface area contributed by atoms with Crippen molar-refractivity contribution in [2.24, 2.45) is 0 Å². The van der Waals surface area contributed by atoms with Gasteiger partial charge >= 0.3 is 0 Å². The van der Waals surface area contributed by atoms with E-state index in [1.54, 1.807) is 7.11 Å². The Labute approximate surface area is 140 Å². The number of piperazine rings is 1. The van der Waals surface area contributed by atoms with E-state index in [1.807, 2.05) is 24.3 Å². The van der Waals surface area contributed by atoms with Crippen molar-refractivity contribution in [3.63, 3.8) is 0 Å². The molecule has 1 atom stereocenters. The van der Waals surface area contributed by atoms with Crippen LogP contribution in [0.5, 0.6) is 5.75 Å². The Morgan fingerprint density at radius 2 is 1.70 bits per heavy atom. The molecule has 1 saturated carbocycles. The van der Waals surface area contributed by atoms with Crippen molar-refractivity contribution in [2.45, 2.75) is 44.2 Å². The quantitative estimate of drug-likeness (QED) is 0.905. The highest BCUT2D eigenvalue weighted by Crippen LogP contribution is 2.24. The highest BCUT2D eigenvalue weighted by atomic mass is 16.5. The van der Waals surface area contributed by atoms with E-state index in [2.05, 4.69) is 9.80 Å². The summed E-state index contributed by atoms with van der Waals surface area (Å²) >= 11 is 0. The number of methoxy groups -OCH3 is 1. The molecule has 0 spiro atoms. The van der Waals surface area contributed by atoms with Crippen LogP contribution in [0.3, 0.4) is 0 Å². The monoisotopic (exact) mass is 318 g/mol. The summed E-state index contributed by atoms with van der Waals surface area (Å²) in [6, 6.07) is 8.57. The average molecular weight is 318 g/mol. The lowest BCUT2D eigenvalue weighted by molar-refractivity contribution is 0.0475. The van der Waals surface area contributed by atoms with E-state index in [4.69, 9.17) is 4.74 Å². The molecule has 1 aromatic carbocycles. The van der Waals surface area contributed by atoms with Crippen LogP contribution in [0.4, 0.5) is 0 Å². The van der Waals surface area contributed by atoms with Crippen LogP contribution in [0.1, 0.15) is 43.8 Å². The Hall–Kier alpha value is -1.10. The number of rotatable bonds is 5. The van der Waals surface area contributed by atoms with Crippen LogP contribution in [0.2, 0.25) is 0 Å². The van der Waals surface area contributed by atoms with E-state index >= 15 is 0 Å². The zero-order valence-corrected chi connectivity index (χ0v) is 14.3. The molecule has 1 unspecified atom stereocenters. The maximum Gasteiger partial charge on any atom is 0.118 e. The number of nitrogens with zero attached hydrogens (tertiary/aromatic N) is 2. The van der Waals surface area contributed by atoms with Gasteiger partial charge in [-0.25, -0.2) is 0 Å². The second-order valence-corrected chi connectivity index (χ2v) is 6.92. The highest BCUT2D eigenvalue weighted by molar-refractivity contribution is 5.28. The Bertz CT molecular complexity index is 463. The molecule has 128 valence electrons. The number of aliphatic hydroxyl groups excluding tert-OH is 1. The van der Waals surface area contributed by atoms with E-state index in [9.17, 15) is 5.11 Å². The standard InChI is InChI=1S/C19H30N2O2/c1-23-18-9-7-16(8-10-18)19(22)15-20-11-13-21(14-12-20)17-5-3-2-4-6-17/h7-10,17,19,22H,2-6,11-15H2,1H3. The van der Waals surface area contributed by atoms with E-state index in [-0.39, 0.29) is 0 Å². The minimum atomic E-state index is -0.415. The predicted octanol–water partition coefficient (Wildman–Crippen LogP) is 2.68. The highest BCUT2D eigenvalue weighted by Gasteiger charge is 2.26. The van der Waals surface area contributed by atoms with E-state index < -0.39 is 6.10 Å². The molecule has 1 heterocycles. The summed E-state index contributed by atoms with van der Waals surface area (Å²) < 4.78 is 5.17. The first-order chi connectivity index (χ1) is 11.3. The zero-order valence-electron chi connectivity index (χ0n) is 14.3. The Morgan fingerprint density at radius 1 is 1.04 bits per heavy atom. The van der Waals surface area contributed by atoms with E-state index in [0.717, 1.165) is 50.1 Å². The van der Waals surface area contributed by atoms with Gasteiger partial charge in [0.1, 0.15) is 5.75 Å². The van der Waals surface area contributed by atoms with E-state index in [0.29, 0.717) is 0 Å². The van der Waals surface area contributed by atoms with E-state index in [1.165, 1.54) is 32.1 Å². The van der Waals surface area contributed by atoms with Gasteiger partial charge in [0.2, 0.25) is 0 Å². The zero-order chi connectivity index (χ0) is 16.1. The molecule has 1 aliphatic carbocycles. The van der Waals surface area contributed by atoms with Crippen molar-refractivity contribution < 1.29 is 9.84 Å². The molecule has 1 saturated heterocycles. The molecule has 4 heteroatoms. The van der Waals surface area contributed by atoms with Crippen molar-refractivity contribution >= 4 is 0 Å². The van der Waals surface area contributed by atoms with Gasteiger partial charge < -0.3 is 9.84 Å². The van der Waals surface area contributed by atoms with Crippen LogP contribution in [-0.4, -0.2) is 60.8 Å². The minimum Gasteiger partial charge on any atom is -0.497 e. The van der Waals surface area contributed by atoms with Gasteiger partial charge in [-0.3, -0.25) is 9.80 Å². The van der Waals surface area contributed by atoms with Crippen molar-refractivity contribution in [1.82, 2.24) is 9.80 Å². The SMILES string of the molecule is COc1ccc(C(O)CN2CCN(C3CCCCC3)CC2)cc1. The van der Waals surface area contributed by atoms with Gasteiger partial charge in [-0.1, -0.05) is 31.4 Å². The first-order valence-corrected chi connectivity index (χ1v) is 9.04. The van der Waals surface area contributed by atoms with Gasteiger partial charge in [0.15, 0.2) is 0 Å². The molecule has 23 heavy (non-hydrogen) atoms. The third-order valence-electron chi connectivity index (χ3n) is 5.43. The van der Waals surface area contributed by atoms with Crippen LogP contribution in [0.15, 0.2) is 24.3 Å². The Morgan fingerprint density at radius 3 is 2.30 bits per heavy atom. The summed E-state index contributed by atoms with van der Waals surface area (Å²) in [4.78, 5) is 5.07. The molecule has 0 aromatic heterocycles. The topological polar surface area (TPSA) is 35.9 Å². The van der Waals surface area contributed by atoms with Crippen molar-refractivity contribution in [3.05, 3.63) is 29.8 Å². The largest absolute Gasteiger partial charge is 0.497 e. The minimum absolute atomic E-state index is 0.415. The average Bonchev–Trinajstić information content (AvgIpc) is 2.63. The third kappa shape index (κ3) is 4.46. The second kappa shape index (κ2) is 8.13. The first-order valence-electron chi connectivity index (χ1n) is 9.04. The summed E-state index contributed by atoms with van der Waals surface area (Å²) in [5.74, 6) is 0.835. The predicted molar refractivity (Wildman–Crippen MR) is 92.8 cm³/mol. The van der Waals surface area contributed by atoms with Crippen LogP contribution >= 0.6 is 0 Å². The van der Waals surface area contributed by atoms with Gasteiger partial charge in [0.05, 0.1) is 13.2 Å². The lowest BCUT2D eigenvalue weighted by Crippen LogP contribution is -2.51. The molecule has 0 radical (unpaired) electrons. The fourth-order valence-electron chi connectivity index (χ4n) is 3.93. The van der Waals surface area contributed by atoms with Crippen LogP contribution in [-0.2, 0) is 0 Å². The molecule has 4 nitrogen and oxygen atoms in total. The third-order valence-corrected chi connectivity index (χ3v) is 5.43. The first kappa shape index (κ1) is 16.7. The normalized spacial score (nSPS) is 22.9. The fraction of sp³-hybridized carbons (Fsp3) is 0.684. The lowest BCUT2D eigenvalue weighted by atomic mass is 9.94. The Balaban J connectivity index is 1.45. The number of ether oxygens (including phenoxy) is 1. The van der Waals surface area contributed by atoms with Crippen LogP contribution < -0.4 is 4.74 Å². The summed E-state index contributed by atoms with van der Waals surface area (Å²) in [6.45, 7) is 5.18. The maximum atomic E-state index is 10.5. The maximum absolute atomic E-state index is 10.5. The molecule has 2 aliphatic rings. The van der Waals surface area contributed by atoms with Gasteiger partial charge in [0, 0.05) is 38.8 Å². The Kier molecular flexibility index (Phi) is 5.92. The number of β-amino-alcohol motifs (C(OH)–C–C–N with tert-alkyl or cyclic N) is 1. The summed E-state index contributed by atoms with van der Waals surface area (Å²) in [5, 5.41) is 10.5. The molecule has 1 N–H and O–H groups in total. The number of benzene rings is 1. The van der Waals surface area contributed by atoms with Gasteiger partial charge in [-0.05, 0) is 30.5 Å². The molecule has 1 aromatic rings. The van der Waals surface area contributed by atoms with Crippen molar-refractivity contribution in [3.8, 4) is 5.75 Å². The van der Waals surface area contributed by atoms with Crippen LogP contribution in [0.25, 0.3) is 0 Å². The number of hydrogen-bond acceptors (Lipinski definition) is 4. The number of aliphatic hydroxyl groups is 1. The molecular weight excluding hydrogens is 288 g/mol. The van der Waals surface area contributed by atoms with Crippen molar-refractivity contribution in [2.75, 3.05) is 39.8 Å². The molecule has 2 fully saturated rings. The summed E-state index contributed by atoms with van der Waals surface area (Å²) in [7, 11) is 1.66. The van der Waals surface area contributed by atoms with Crippen molar-refractivity contribution in [1.29, 1.82) is 0 Å². The fourth-order valence-corrected chi connectivity index (χ4v) is 3.93. The molecular formula is C19H30N2O2. The van der Waals surface area contributed by atoms with Gasteiger partial charge in [0.25, 0.3) is 0 Å². The number of hydrogen-bond donors (Lipinski definition) is 1.